The largest absolute Gasteiger partial charge is 0.497 e. The number of alkyl halides is 2. The highest BCUT2D eigenvalue weighted by atomic mass is 79.9. The van der Waals surface area contributed by atoms with Gasteiger partial charge in [0, 0.05) is 6.42 Å². The first kappa shape index (κ1) is 13.2. The van der Waals surface area contributed by atoms with E-state index in [4.69, 9.17) is 9.29 Å². The van der Waals surface area contributed by atoms with Crippen LogP contribution in [-0.2, 0) is 17.5 Å². The minimum absolute atomic E-state index is 0.403. The summed E-state index contributed by atoms with van der Waals surface area (Å²) in [5, 5.41) is 0. The number of rotatable bonds is 4. The second kappa shape index (κ2) is 5.43. The van der Waals surface area contributed by atoms with Crippen molar-refractivity contribution in [2.45, 2.75) is 8.99 Å². The monoisotopic (exact) mass is 356 g/mol. The van der Waals surface area contributed by atoms with Gasteiger partial charge in [-0.05, 0) is 17.7 Å². The first-order valence-corrected chi connectivity index (χ1v) is 6.76. The zero-order valence-electron chi connectivity index (χ0n) is 7.94. The fourth-order valence-corrected chi connectivity index (χ4v) is 1.98. The molecule has 0 radical (unpaired) electrons. The molecule has 1 N–H and O–H groups in total. The van der Waals surface area contributed by atoms with Crippen LogP contribution in [0.1, 0.15) is 5.56 Å². The maximum atomic E-state index is 10.9. The van der Waals surface area contributed by atoms with Crippen LogP contribution in [0.25, 0.3) is 0 Å². The van der Waals surface area contributed by atoms with Crippen LogP contribution in [0.5, 0.6) is 5.75 Å². The lowest BCUT2D eigenvalue weighted by Gasteiger charge is -2.15. The van der Waals surface area contributed by atoms with Gasteiger partial charge in [-0.25, -0.2) is 4.21 Å². The number of benzene rings is 1. The Hall–Kier alpha value is 0.0900. The summed E-state index contributed by atoms with van der Waals surface area (Å²) in [6.45, 7) is 0. The molecule has 1 rings (SSSR count). The second-order valence-electron chi connectivity index (χ2n) is 2.91. The summed E-state index contributed by atoms with van der Waals surface area (Å²) in [5.74, 6) is 0.763. The molecule has 0 aliphatic rings. The molecule has 0 amide bonds. The Kier molecular flexibility index (Phi) is 4.76. The number of ether oxygens (including phenoxy) is 1. The third-order valence-corrected chi connectivity index (χ3v) is 4.70. The average Bonchev–Trinajstić information content (AvgIpc) is 2.18. The molecule has 0 saturated carbocycles. The highest BCUT2D eigenvalue weighted by Crippen LogP contribution is 2.33. The molecule has 1 aromatic carbocycles. The summed E-state index contributed by atoms with van der Waals surface area (Å²) in [4.78, 5) is 0. The van der Waals surface area contributed by atoms with Crippen LogP contribution in [0.4, 0.5) is 0 Å². The van der Waals surface area contributed by atoms with E-state index in [9.17, 15) is 4.21 Å². The van der Waals surface area contributed by atoms with Gasteiger partial charge < -0.3 is 9.29 Å². The summed E-state index contributed by atoms with van der Waals surface area (Å²) in [6.07, 6.45) is 0.403. The molecule has 1 atom stereocenters. The van der Waals surface area contributed by atoms with Crippen molar-refractivity contribution < 1.29 is 13.5 Å². The highest BCUT2D eigenvalue weighted by Gasteiger charge is 2.30. The van der Waals surface area contributed by atoms with Crippen LogP contribution in [0.3, 0.4) is 0 Å². The van der Waals surface area contributed by atoms with Gasteiger partial charge >= 0.3 is 0 Å². The Labute approximate surface area is 108 Å². The molecule has 0 bridgehead atoms. The van der Waals surface area contributed by atoms with E-state index >= 15 is 0 Å². The first-order valence-electron chi connectivity index (χ1n) is 4.07. The number of hydrogen-bond acceptors (Lipinski definition) is 2. The molecule has 0 aliphatic carbocycles. The Morgan fingerprint density at radius 3 is 2.33 bits per heavy atom. The molecular weight excluding hydrogens is 348 g/mol. The minimum atomic E-state index is -1.98. The van der Waals surface area contributed by atoms with Crippen molar-refractivity contribution in [1.29, 1.82) is 0 Å². The zero-order valence-corrected chi connectivity index (χ0v) is 11.9. The Morgan fingerprint density at radius 2 is 1.93 bits per heavy atom. The van der Waals surface area contributed by atoms with E-state index in [1.54, 1.807) is 7.11 Å². The van der Waals surface area contributed by atoms with Crippen molar-refractivity contribution in [2.75, 3.05) is 7.11 Å². The van der Waals surface area contributed by atoms with E-state index in [1.807, 2.05) is 24.3 Å². The number of halogens is 2. The Bertz CT molecular complexity index is 351. The fourth-order valence-electron chi connectivity index (χ4n) is 1.04. The fraction of sp³-hybridized carbons (Fsp3) is 0.333. The van der Waals surface area contributed by atoms with Crippen molar-refractivity contribution in [3.63, 3.8) is 0 Å². The van der Waals surface area contributed by atoms with Gasteiger partial charge in [0.05, 0.1) is 7.11 Å². The van der Waals surface area contributed by atoms with Gasteiger partial charge in [-0.1, -0.05) is 44.0 Å². The lowest BCUT2D eigenvalue weighted by molar-refractivity contribution is 0.414. The predicted octanol–water partition coefficient (Wildman–Crippen LogP) is 2.90. The molecule has 15 heavy (non-hydrogen) atoms. The van der Waals surface area contributed by atoms with Gasteiger partial charge in [0.2, 0.25) is 0 Å². The van der Waals surface area contributed by atoms with Crippen molar-refractivity contribution in [1.82, 2.24) is 0 Å². The molecule has 84 valence electrons. The van der Waals surface area contributed by atoms with E-state index < -0.39 is 13.6 Å². The third-order valence-electron chi connectivity index (χ3n) is 1.82. The molecule has 3 nitrogen and oxygen atoms in total. The van der Waals surface area contributed by atoms with Gasteiger partial charge in [0.15, 0.2) is 13.6 Å². The lowest BCUT2D eigenvalue weighted by atomic mass is 10.2. The van der Waals surface area contributed by atoms with Crippen molar-refractivity contribution in [3.05, 3.63) is 29.8 Å². The molecule has 0 spiro atoms. The quantitative estimate of drug-likeness (QED) is 0.665. The molecule has 0 heterocycles. The van der Waals surface area contributed by atoms with Crippen LogP contribution in [0.2, 0.25) is 0 Å². The minimum Gasteiger partial charge on any atom is -0.497 e. The predicted molar refractivity (Wildman–Crippen MR) is 68.1 cm³/mol. The van der Waals surface area contributed by atoms with Crippen molar-refractivity contribution in [2.24, 2.45) is 0 Å². The first-order chi connectivity index (χ1) is 6.95. The van der Waals surface area contributed by atoms with E-state index in [1.165, 1.54) is 0 Å². The summed E-state index contributed by atoms with van der Waals surface area (Å²) in [5.41, 5.74) is 0.937. The van der Waals surface area contributed by atoms with Gasteiger partial charge in [-0.2, -0.15) is 0 Å². The zero-order chi connectivity index (χ0) is 11.5. The lowest BCUT2D eigenvalue weighted by Crippen LogP contribution is -2.21. The molecule has 0 aliphatic heterocycles. The van der Waals surface area contributed by atoms with Crippen LogP contribution < -0.4 is 4.74 Å². The van der Waals surface area contributed by atoms with Crippen molar-refractivity contribution in [3.8, 4) is 5.75 Å². The van der Waals surface area contributed by atoms with Gasteiger partial charge in [-0.15, -0.1) is 0 Å². The maximum Gasteiger partial charge on any atom is 0.184 e. The summed E-state index contributed by atoms with van der Waals surface area (Å²) < 4.78 is 24.0. The van der Waals surface area contributed by atoms with Gasteiger partial charge in [0.1, 0.15) is 5.75 Å². The van der Waals surface area contributed by atoms with E-state index in [2.05, 4.69) is 31.9 Å². The molecular formula is C9H10Br2O3S. The third kappa shape index (κ3) is 3.86. The highest BCUT2D eigenvalue weighted by molar-refractivity contribution is 9.27. The maximum absolute atomic E-state index is 10.9. The van der Waals surface area contributed by atoms with Gasteiger partial charge in [0.25, 0.3) is 0 Å². The number of methoxy groups -OCH3 is 1. The topological polar surface area (TPSA) is 46.5 Å². The normalized spacial score (nSPS) is 13.6. The standard InChI is InChI=1S/C9H10Br2O3S/c1-14-8-4-2-7(3-5-8)6-9(10,11)15(12)13/h2-5H,6H2,1H3,(H,12,13). The molecule has 1 aromatic rings. The summed E-state index contributed by atoms with van der Waals surface area (Å²) >= 11 is 4.33. The second-order valence-corrected chi connectivity index (χ2v) is 8.93. The van der Waals surface area contributed by atoms with Crippen LogP contribution in [-0.4, -0.2) is 18.4 Å². The Morgan fingerprint density at radius 1 is 1.40 bits per heavy atom. The van der Waals surface area contributed by atoms with Crippen LogP contribution in [0, 0.1) is 0 Å². The van der Waals surface area contributed by atoms with Crippen molar-refractivity contribution >= 4 is 42.9 Å². The average molecular weight is 358 g/mol. The summed E-state index contributed by atoms with van der Waals surface area (Å²) in [7, 11) is 1.59. The molecule has 0 fully saturated rings. The van der Waals surface area contributed by atoms with E-state index in [0.29, 0.717) is 6.42 Å². The van der Waals surface area contributed by atoms with E-state index in [0.717, 1.165) is 11.3 Å². The molecule has 0 saturated heterocycles. The molecule has 6 heteroatoms. The number of hydrogen-bond donors (Lipinski definition) is 1. The molecule has 0 aromatic heterocycles. The molecule has 1 unspecified atom stereocenters. The van der Waals surface area contributed by atoms with Gasteiger partial charge in [-0.3, -0.25) is 0 Å². The van der Waals surface area contributed by atoms with Crippen LogP contribution >= 0.6 is 31.9 Å². The Balaban J connectivity index is 2.77. The summed E-state index contributed by atoms with van der Waals surface area (Å²) in [6, 6.07) is 7.32. The van der Waals surface area contributed by atoms with Crippen LogP contribution in [0.15, 0.2) is 24.3 Å². The van der Waals surface area contributed by atoms with E-state index in [-0.39, 0.29) is 0 Å². The smallest absolute Gasteiger partial charge is 0.184 e. The SMILES string of the molecule is COc1ccc(CC(Br)(Br)S(=O)O)cc1.